The van der Waals surface area contributed by atoms with Gasteiger partial charge in [-0.05, 0) is 63.3 Å². The molecule has 0 spiro atoms. The number of thioether (sulfide) groups is 1. The molecule has 7 nitrogen and oxygen atoms in total. The van der Waals surface area contributed by atoms with Gasteiger partial charge in [-0.3, -0.25) is 4.79 Å². The van der Waals surface area contributed by atoms with Crippen LogP contribution in [0.2, 0.25) is 0 Å². The van der Waals surface area contributed by atoms with Gasteiger partial charge in [0.2, 0.25) is 11.1 Å². The average Bonchev–Trinajstić information content (AvgIpc) is 3.09. The Morgan fingerprint density at radius 1 is 1.32 bits per heavy atom. The number of nitrogens with zero attached hydrogens (tertiary/aromatic N) is 3. The van der Waals surface area contributed by atoms with Gasteiger partial charge in [-0.2, -0.15) is 0 Å². The minimum absolute atomic E-state index is 0.0181. The number of nitrogens with one attached hydrogen (secondary N) is 1. The van der Waals surface area contributed by atoms with Crippen LogP contribution in [0.5, 0.6) is 5.75 Å². The summed E-state index contributed by atoms with van der Waals surface area (Å²) < 4.78 is 6.58. The van der Waals surface area contributed by atoms with Crippen molar-refractivity contribution in [2.24, 2.45) is 0 Å². The molecular weight excluding hydrogens is 374 g/mol. The summed E-state index contributed by atoms with van der Waals surface area (Å²) >= 11 is 1.30. The van der Waals surface area contributed by atoms with Crippen molar-refractivity contribution in [1.82, 2.24) is 20.2 Å². The molecule has 2 aromatic rings. The quantitative estimate of drug-likeness (QED) is 0.401. The van der Waals surface area contributed by atoms with E-state index in [-0.39, 0.29) is 11.2 Å². The Labute approximate surface area is 169 Å². The lowest BCUT2D eigenvalue weighted by molar-refractivity contribution is -0.120. The van der Waals surface area contributed by atoms with E-state index in [0.29, 0.717) is 17.5 Å². The highest BCUT2D eigenvalue weighted by atomic mass is 32.2. The summed E-state index contributed by atoms with van der Waals surface area (Å²) in [6, 6.07) is 7.43. The number of hydrogen-bond donors (Lipinski definition) is 2. The SMILES string of the molecule is COc1ccc(-c2nnc(S[C@H](C)C(=O)NCCC3=CCCCC3)n2N)cc1. The molecule has 1 aliphatic carbocycles. The molecule has 3 N–H and O–H groups in total. The Morgan fingerprint density at radius 2 is 2.11 bits per heavy atom. The van der Waals surface area contributed by atoms with Crippen molar-refractivity contribution in [3.63, 3.8) is 0 Å². The third kappa shape index (κ3) is 5.07. The van der Waals surface area contributed by atoms with Crippen molar-refractivity contribution in [3.8, 4) is 17.1 Å². The number of carbonyl (C=O) groups excluding carboxylic acids is 1. The molecule has 1 aliphatic rings. The molecule has 1 amide bonds. The van der Waals surface area contributed by atoms with Gasteiger partial charge < -0.3 is 15.9 Å². The zero-order valence-electron chi connectivity index (χ0n) is 16.4. The normalized spacial score (nSPS) is 15.0. The molecule has 0 bridgehead atoms. The fourth-order valence-corrected chi connectivity index (χ4v) is 3.92. The van der Waals surface area contributed by atoms with Crippen LogP contribution in [0.4, 0.5) is 0 Å². The number of allylic oxidation sites excluding steroid dienone is 1. The Bertz CT molecular complexity index is 832. The third-order valence-corrected chi connectivity index (χ3v) is 5.85. The second kappa shape index (κ2) is 9.64. The fourth-order valence-electron chi connectivity index (χ4n) is 3.13. The number of hydrogen-bond acceptors (Lipinski definition) is 6. The maximum atomic E-state index is 12.4. The van der Waals surface area contributed by atoms with Crippen molar-refractivity contribution in [3.05, 3.63) is 35.9 Å². The van der Waals surface area contributed by atoms with E-state index in [1.807, 2.05) is 31.2 Å². The van der Waals surface area contributed by atoms with Gasteiger partial charge in [-0.25, -0.2) is 4.68 Å². The summed E-state index contributed by atoms with van der Waals surface area (Å²) in [4.78, 5) is 12.4. The summed E-state index contributed by atoms with van der Waals surface area (Å²) in [5.41, 5.74) is 2.29. The zero-order chi connectivity index (χ0) is 19.9. The molecule has 3 rings (SSSR count). The highest BCUT2D eigenvalue weighted by molar-refractivity contribution is 8.00. The van der Waals surface area contributed by atoms with E-state index >= 15 is 0 Å². The second-order valence-electron chi connectivity index (χ2n) is 6.81. The maximum absolute atomic E-state index is 12.4. The van der Waals surface area contributed by atoms with Gasteiger partial charge >= 0.3 is 0 Å². The smallest absolute Gasteiger partial charge is 0.233 e. The predicted octanol–water partition coefficient (Wildman–Crippen LogP) is 3.15. The van der Waals surface area contributed by atoms with Gasteiger partial charge in [0.15, 0.2) is 5.82 Å². The van der Waals surface area contributed by atoms with Crippen molar-refractivity contribution in [2.45, 2.75) is 49.4 Å². The van der Waals surface area contributed by atoms with E-state index in [1.54, 1.807) is 7.11 Å². The van der Waals surface area contributed by atoms with E-state index in [0.717, 1.165) is 30.6 Å². The number of nitrogens with two attached hydrogens (primary N) is 1. The van der Waals surface area contributed by atoms with E-state index in [9.17, 15) is 4.79 Å². The molecular formula is C20H27N5O2S. The van der Waals surface area contributed by atoms with Gasteiger partial charge in [0.1, 0.15) is 5.75 Å². The molecule has 1 heterocycles. The lowest BCUT2D eigenvalue weighted by Gasteiger charge is -2.14. The van der Waals surface area contributed by atoms with E-state index in [4.69, 9.17) is 10.6 Å². The molecule has 8 heteroatoms. The van der Waals surface area contributed by atoms with Crippen LogP contribution >= 0.6 is 11.8 Å². The number of ether oxygens (including phenoxy) is 1. The summed E-state index contributed by atoms with van der Waals surface area (Å²) in [5, 5.41) is 11.5. The number of methoxy groups -OCH3 is 1. The summed E-state index contributed by atoms with van der Waals surface area (Å²) in [5.74, 6) is 7.44. The average molecular weight is 402 g/mol. The zero-order valence-corrected chi connectivity index (χ0v) is 17.2. The molecule has 28 heavy (non-hydrogen) atoms. The van der Waals surface area contributed by atoms with Crippen LogP contribution in [0.25, 0.3) is 11.4 Å². The van der Waals surface area contributed by atoms with Crippen LogP contribution in [0.15, 0.2) is 41.1 Å². The topological polar surface area (TPSA) is 95.1 Å². The van der Waals surface area contributed by atoms with Crippen LogP contribution in [-0.4, -0.2) is 39.7 Å². The van der Waals surface area contributed by atoms with Gasteiger partial charge in [0.05, 0.1) is 12.4 Å². The largest absolute Gasteiger partial charge is 0.497 e. The molecule has 0 saturated carbocycles. The molecule has 0 unspecified atom stereocenters. The van der Waals surface area contributed by atoms with E-state index in [2.05, 4.69) is 21.6 Å². The number of benzene rings is 1. The minimum Gasteiger partial charge on any atom is -0.497 e. The molecule has 0 saturated heterocycles. The molecule has 1 aromatic heterocycles. The first-order valence-corrected chi connectivity index (χ1v) is 10.4. The van der Waals surface area contributed by atoms with E-state index < -0.39 is 0 Å². The fraction of sp³-hybridized carbons (Fsp3) is 0.450. The van der Waals surface area contributed by atoms with Crippen LogP contribution in [0.3, 0.4) is 0 Å². The lowest BCUT2D eigenvalue weighted by atomic mass is 9.97. The predicted molar refractivity (Wildman–Crippen MR) is 112 cm³/mol. The molecule has 1 atom stereocenters. The summed E-state index contributed by atoms with van der Waals surface area (Å²) in [7, 11) is 1.62. The first-order valence-electron chi connectivity index (χ1n) is 9.55. The number of amides is 1. The Balaban J connectivity index is 1.54. The second-order valence-corrected chi connectivity index (χ2v) is 8.12. The maximum Gasteiger partial charge on any atom is 0.233 e. The molecule has 1 aromatic carbocycles. The minimum atomic E-state index is -0.310. The third-order valence-electron chi connectivity index (χ3n) is 4.79. The van der Waals surface area contributed by atoms with Gasteiger partial charge in [-0.15, -0.1) is 10.2 Å². The van der Waals surface area contributed by atoms with Gasteiger partial charge in [0, 0.05) is 12.1 Å². The molecule has 150 valence electrons. The first-order chi connectivity index (χ1) is 13.6. The summed E-state index contributed by atoms with van der Waals surface area (Å²) in [6.45, 7) is 2.52. The highest BCUT2D eigenvalue weighted by Crippen LogP contribution is 2.26. The van der Waals surface area contributed by atoms with Crippen LogP contribution < -0.4 is 15.9 Å². The first kappa shape index (κ1) is 20.3. The number of rotatable bonds is 8. The van der Waals surface area contributed by atoms with Gasteiger partial charge in [-0.1, -0.05) is 23.4 Å². The molecule has 0 fully saturated rings. The standard InChI is InChI=1S/C20H27N5O2S/c1-14(19(26)22-13-12-15-6-4-3-5-7-15)28-20-24-23-18(25(20)21)16-8-10-17(27-2)11-9-16/h6,8-11,14H,3-5,7,12-13,21H2,1-2H3,(H,22,26)/t14-/m1/s1. The highest BCUT2D eigenvalue weighted by Gasteiger charge is 2.20. The van der Waals surface area contributed by atoms with Crippen LogP contribution in [-0.2, 0) is 4.79 Å². The van der Waals surface area contributed by atoms with E-state index in [1.165, 1.54) is 34.9 Å². The number of carbonyl (C=O) groups is 1. The molecule has 0 radical (unpaired) electrons. The van der Waals surface area contributed by atoms with Crippen molar-refractivity contribution >= 4 is 17.7 Å². The Hall–Kier alpha value is -2.48. The number of nitrogen functional groups attached to an aromatic ring is 1. The van der Waals surface area contributed by atoms with Crippen molar-refractivity contribution < 1.29 is 9.53 Å². The monoisotopic (exact) mass is 401 g/mol. The van der Waals surface area contributed by atoms with Crippen molar-refractivity contribution in [1.29, 1.82) is 0 Å². The molecule has 0 aliphatic heterocycles. The van der Waals surface area contributed by atoms with Crippen molar-refractivity contribution in [2.75, 3.05) is 19.5 Å². The lowest BCUT2D eigenvalue weighted by Crippen LogP contribution is -2.32. The van der Waals surface area contributed by atoms with Gasteiger partial charge in [0.25, 0.3) is 0 Å². The Morgan fingerprint density at radius 3 is 2.79 bits per heavy atom. The van der Waals surface area contributed by atoms with Crippen LogP contribution in [0.1, 0.15) is 39.0 Å². The summed E-state index contributed by atoms with van der Waals surface area (Å²) in [6.07, 6.45) is 8.10. The van der Waals surface area contributed by atoms with Crippen LogP contribution in [0, 0.1) is 0 Å². The Kier molecular flexibility index (Phi) is 6.97. The number of aromatic nitrogens is 3.